The predicted molar refractivity (Wildman–Crippen MR) is 75.3 cm³/mol. The van der Waals surface area contributed by atoms with Gasteiger partial charge in [-0.1, -0.05) is 85.6 Å². The molecule has 0 saturated heterocycles. The quantitative estimate of drug-likeness (QED) is 0.525. The summed E-state index contributed by atoms with van der Waals surface area (Å²) in [6.07, 6.45) is 26.9. The minimum Gasteiger partial charge on any atom is -0.0991 e. The number of hydrogen-bond donors (Lipinski definition) is 0. The van der Waals surface area contributed by atoms with Crippen molar-refractivity contribution in [3.63, 3.8) is 0 Å². The van der Waals surface area contributed by atoms with Crippen LogP contribution in [0.5, 0.6) is 0 Å². The smallest absolute Gasteiger partial charge is 0.0163 e. The molecule has 0 aromatic rings. The second kappa shape index (κ2) is 13.2. The molecule has 0 aliphatic rings. The highest BCUT2D eigenvalue weighted by Crippen LogP contribution is 1.89. The summed E-state index contributed by atoms with van der Waals surface area (Å²) >= 11 is 0. The van der Waals surface area contributed by atoms with Gasteiger partial charge in [-0.2, -0.15) is 0 Å². The molecule has 0 bridgehead atoms. The predicted octanol–water partition coefficient (Wildman–Crippen LogP) is 4.92. The summed E-state index contributed by atoms with van der Waals surface area (Å²) in [6.45, 7) is 5.59. The minimum absolute atomic E-state index is 0.954. The van der Waals surface area contributed by atoms with Crippen molar-refractivity contribution in [2.24, 2.45) is 0 Å². The zero-order valence-electron chi connectivity index (χ0n) is 9.92. The van der Waals surface area contributed by atoms with E-state index < -0.39 is 0 Å². The molecule has 16 heavy (non-hydrogen) atoms. The molecule has 0 rings (SSSR count). The molecule has 0 fully saturated rings. The Morgan fingerprint density at radius 3 is 1.75 bits per heavy atom. The van der Waals surface area contributed by atoms with Gasteiger partial charge >= 0.3 is 0 Å². The summed E-state index contributed by atoms with van der Waals surface area (Å²) in [5, 5.41) is 0. The van der Waals surface area contributed by atoms with Crippen molar-refractivity contribution in [1.82, 2.24) is 0 Å². The van der Waals surface area contributed by atoms with Crippen LogP contribution in [0.15, 0.2) is 85.6 Å². The number of rotatable bonds is 7. The van der Waals surface area contributed by atoms with E-state index in [-0.39, 0.29) is 0 Å². The van der Waals surface area contributed by atoms with Crippen LogP contribution in [0.25, 0.3) is 0 Å². The van der Waals surface area contributed by atoms with Crippen LogP contribution in [0.4, 0.5) is 0 Å². The van der Waals surface area contributed by atoms with Crippen LogP contribution in [0, 0.1) is 0 Å². The summed E-state index contributed by atoms with van der Waals surface area (Å²) in [4.78, 5) is 0. The fourth-order valence-corrected chi connectivity index (χ4v) is 0.903. The van der Waals surface area contributed by atoms with E-state index in [1.165, 1.54) is 0 Å². The van der Waals surface area contributed by atoms with E-state index >= 15 is 0 Å². The van der Waals surface area contributed by atoms with Crippen molar-refractivity contribution in [1.29, 1.82) is 0 Å². The zero-order valence-corrected chi connectivity index (χ0v) is 9.92. The van der Waals surface area contributed by atoms with Crippen LogP contribution < -0.4 is 0 Å². The van der Waals surface area contributed by atoms with Crippen molar-refractivity contribution in [2.75, 3.05) is 0 Å². The van der Waals surface area contributed by atoms with Gasteiger partial charge in [-0.05, 0) is 13.3 Å². The van der Waals surface area contributed by atoms with Gasteiger partial charge in [-0.3, -0.25) is 0 Å². The second-order valence-electron chi connectivity index (χ2n) is 3.01. The molecule has 0 heteroatoms. The van der Waals surface area contributed by atoms with E-state index in [1.54, 1.807) is 6.08 Å². The Hall–Kier alpha value is -1.82. The third-order valence-electron chi connectivity index (χ3n) is 1.65. The topological polar surface area (TPSA) is 0 Å². The molecule has 0 aliphatic heterocycles. The Morgan fingerprint density at radius 2 is 1.19 bits per heavy atom. The lowest BCUT2D eigenvalue weighted by atomic mass is 10.3. The third-order valence-corrected chi connectivity index (χ3v) is 1.65. The molecule has 0 saturated carbocycles. The normalized spacial score (nSPS) is 13.6. The van der Waals surface area contributed by atoms with Crippen LogP contribution in [0.1, 0.15) is 13.3 Å². The average Bonchev–Trinajstić information content (AvgIpc) is 2.31. The summed E-state index contributed by atoms with van der Waals surface area (Å²) in [6, 6.07) is 0. The molecule has 0 aliphatic carbocycles. The first-order valence-corrected chi connectivity index (χ1v) is 5.47. The molecule has 0 N–H and O–H groups in total. The molecule has 84 valence electrons. The lowest BCUT2D eigenvalue weighted by Crippen LogP contribution is -1.57. The Kier molecular flexibility index (Phi) is 11.7. The molecule has 0 amide bonds. The molecule has 0 heterocycles. The fourth-order valence-electron chi connectivity index (χ4n) is 0.903. The van der Waals surface area contributed by atoms with Gasteiger partial charge in [0.25, 0.3) is 0 Å². The average molecular weight is 212 g/mol. The molecule has 0 nitrogen and oxygen atoms in total. The lowest BCUT2D eigenvalue weighted by molar-refractivity contribution is 1.39. The van der Waals surface area contributed by atoms with Crippen LogP contribution in [0.2, 0.25) is 0 Å². The molecule has 0 radical (unpaired) electrons. The van der Waals surface area contributed by atoms with E-state index in [1.807, 2.05) is 67.7 Å². The van der Waals surface area contributed by atoms with E-state index in [9.17, 15) is 0 Å². The van der Waals surface area contributed by atoms with E-state index in [4.69, 9.17) is 0 Å². The van der Waals surface area contributed by atoms with Gasteiger partial charge in [0, 0.05) is 0 Å². The Balaban J connectivity index is 3.65. The van der Waals surface area contributed by atoms with Crippen LogP contribution in [-0.2, 0) is 0 Å². The van der Waals surface area contributed by atoms with E-state index in [0.29, 0.717) is 0 Å². The summed E-state index contributed by atoms with van der Waals surface area (Å²) in [7, 11) is 0. The fraction of sp³-hybridized carbons (Fsp3) is 0.125. The first kappa shape index (κ1) is 14.2. The lowest BCUT2D eigenvalue weighted by Gasteiger charge is -1.78. The first-order chi connectivity index (χ1) is 7.91. The van der Waals surface area contributed by atoms with Gasteiger partial charge < -0.3 is 0 Å². The van der Waals surface area contributed by atoms with Crippen molar-refractivity contribution in [3.8, 4) is 0 Å². The molecule has 0 spiro atoms. The molecular formula is C16H20. The molecular weight excluding hydrogens is 192 g/mol. The maximum Gasteiger partial charge on any atom is -0.0163 e. The highest BCUT2D eigenvalue weighted by atomic mass is 13.7. The van der Waals surface area contributed by atoms with E-state index in [2.05, 4.69) is 18.7 Å². The SMILES string of the molecule is C=CC=CC=CC=CCC=CC=CC=CC. The van der Waals surface area contributed by atoms with Gasteiger partial charge in [0.1, 0.15) is 0 Å². The van der Waals surface area contributed by atoms with Crippen molar-refractivity contribution < 1.29 is 0 Å². The largest absolute Gasteiger partial charge is 0.0991 e. The summed E-state index contributed by atoms with van der Waals surface area (Å²) in [5.74, 6) is 0. The number of allylic oxidation sites excluding steroid dienone is 13. The highest BCUT2D eigenvalue weighted by Gasteiger charge is 1.67. The second-order valence-corrected chi connectivity index (χ2v) is 3.01. The standard InChI is InChI=1S/C16H20/c1-3-5-7-9-11-13-15-16-14-12-10-8-6-4-2/h3-15H,1,16H2,2H3. The summed E-state index contributed by atoms with van der Waals surface area (Å²) in [5.41, 5.74) is 0. The van der Waals surface area contributed by atoms with Gasteiger partial charge in [-0.15, -0.1) is 0 Å². The Labute approximate surface area is 99.4 Å². The third kappa shape index (κ3) is 12.2. The zero-order chi connectivity index (χ0) is 11.9. The number of hydrogen-bond acceptors (Lipinski definition) is 0. The van der Waals surface area contributed by atoms with E-state index in [0.717, 1.165) is 6.42 Å². The van der Waals surface area contributed by atoms with Crippen LogP contribution >= 0.6 is 0 Å². The minimum atomic E-state index is 0.954. The van der Waals surface area contributed by atoms with Gasteiger partial charge in [0.05, 0.1) is 0 Å². The van der Waals surface area contributed by atoms with Crippen molar-refractivity contribution in [3.05, 3.63) is 85.6 Å². The maximum atomic E-state index is 3.59. The van der Waals surface area contributed by atoms with Crippen molar-refractivity contribution >= 4 is 0 Å². The molecule has 0 aromatic heterocycles. The summed E-state index contributed by atoms with van der Waals surface area (Å²) < 4.78 is 0. The van der Waals surface area contributed by atoms with Crippen molar-refractivity contribution in [2.45, 2.75) is 13.3 Å². The Bertz CT molecular complexity index is 320. The molecule has 0 unspecified atom stereocenters. The monoisotopic (exact) mass is 212 g/mol. The molecule has 0 aromatic carbocycles. The first-order valence-electron chi connectivity index (χ1n) is 5.47. The van der Waals surface area contributed by atoms with Crippen LogP contribution in [0.3, 0.4) is 0 Å². The Morgan fingerprint density at radius 1 is 0.688 bits per heavy atom. The van der Waals surface area contributed by atoms with Gasteiger partial charge in [0.15, 0.2) is 0 Å². The maximum absolute atomic E-state index is 3.59. The van der Waals surface area contributed by atoms with Gasteiger partial charge in [-0.25, -0.2) is 0 Å². The van der Waals surface area contributed by atoms with Gasteiger partial charge in [0.2, 0.25) is 0 Å². The molecule has 0 atom stereocenters. The van der Waals surface area contributed by atoms with Crippen LogP contribution in [-0.4, -0.2) is 0 Å². The highest BCUT2D eigenvalue weighted by molar-refractivity contribution is 5.15.